The van der Waals surface area contributed by atoms with Crippen molar-refractivity contribution in [1.29, 1.82) is 0 Å². The van der Waals surface area contributed by atoms with Gasteiger partial charge >= 0.3 is 0 Å². The van der Waals surface area contributed by atoms with Gasteiger partial charge in [0, 0.05) is 30.4 Å². The van der Waals surface area contributed by atoms with Crippen LogP contribution < -0.4 is 9.44 Å². The van der Waals surface area contributed by atoms with Crippen LogP contribution in [0.3, 0.4) is 0 Å². The van der Waals surface area contributed by atoms with Crippen LogP contribution in [0.1, 0.15) is 36.7 Å². The number of benzene rings is 2. The van der Waals surface area contributed by atoms with Crippen LogP contribution in [0.25, 0.3) is 0 Å². The molecular formula is C20H27N3O3S. The highest BCUT2D eigenvalue weighted by Crippen LogP contribution is 2.14. The third-order valence-corrected chi connectivity index (χ3v) is 5.27. The van der Waals surface area contributed by atoms with Crippen LogP contribution in [0.4, 0.5) is 5.69 Å². The van der Waals surface area contributed by atoms with Crippen LogP contribution in [0.5, 0.6) is 0 Å². The van der Waals surface area contributed by atoms with E-state index in [9.17, 15) is 13.2 Å². The molecule has 2 aromatic carbocycles. The lowest BCUT2D eigenvalue weighted by atomic mass is 10.1. The molecule has 6 nitrogen and oxygen atoms in total. The molecule has 0 aromatic heterocycles. The number of nitrogens with zero attached hydrogens (tertiary/aromatic N) is 1. The van der Waals surface area contributed by atoms with Crippen molar-refractivity contribution in [1.82, 2.24) is 9.62 Å². The highest BCUT2D eigenvalue weighted by Gasteiger charge is 2.16. The van der Waals surface area contributed by atoms with Crippen molar-refractivity contribution in [3.63, 3.8) is 0 Å². The van der Waals surface area contributed by atoms with Gasteiger partial charge in [-0.1, -0.05) is 37.3 Å². The molecule has 27 heavy (non-hydrogen) atoms. The van der Waals surface area contributed by atoms with Crippen LogP contribution in [0.15, 0.2) is 54.6 Å². The zero-order valence-corrected chi connectivity index (χ0v) is 16.8. The first-order chi connectivity index (χ1) is 12.8. The van der Waals surface area contributed by atoms with Crippen LogP contribution in [-0.2, 0) is 16.8 Å². The maximum Gasteiger partial charge on any atom is 0.299 e. The Balaban J connectivity index is 2.03. The number of hydrogen-bond acceptors (Lipinski definition) is 4. The second kappa shape index (κ2) is 9.64. The summed E-state index contributed by atoms with van der Waals surface area (Å²) < 4.78 is 28.2. The Kier molecular flexibility index (Phi) is 7.53. The fourth-order valence-electron chi connectivity index (χ4n) is 2.62. The predicted molar refractivity (Wildman–Crippen MR) is 109 cm³/mol. The monoisotopic (exact) mass is 389 g/mol. The third kappa shape index (κ3) is 6.78. The summed E-state index contributed by atoms with van der Waals surface area (Å²) in [6, 6.07) is 16.8. The highest BCUT2D eigenvalue weighted by atomic mass is 32.2. The van der Waals surface area contributed by atoms with E-state index in [-0.39, 0.29) is 11.8 Å². The molecule has 0 spiro atoms. The first-order valence-corrected chi connectivity index (χ1v) is 10.5. The Labute approximate surface area is 161 Å². The molecule has 0 aliphatic rings. The summed E-state index contributed by atoms with van der Waals surface area (Å²) in [5.74, 6) is 0.000668. The van der Waals surface area contributed by atoms with Crippen molar-refractivity contribution < 1.29 is 13.2 Å². The Morgan fingerprint density at radius 1 is 1.04 bits per heavy atom. The lowest BCUT2D eigenvalue weighted by Gasteiger charge is -2.25. The van der Waals surface area contributed by atoms with Gasteiger partial charge in [-0.2, -0.15) is 13.1 Å². The topological polar surface area (TPSA) is 78.5 Å². The van der Waals surface area contributed by atoms with E-state index in [0.29, 0.717) is 30.9 Å². The molecular weight excluding hydrogens is 362 g/mol. The van der Waals surface area contributed by atoms with Crippen LogP contribution in [-0.4, -0.2) is 38.2 Å². The van der Waals surface area contributed by atoms with Crippen molar-refractivity contribution in [2.75, 3.05) is 17.8 Å². The number of anilines is 1. The number of hydrogen-bond donors (Lipinski definition) is 2. The molecule has 146 valence electrons. The molecule has 0 radical (unpaired) electrons. The molecule has 0 amide bonds. The largest absolute Gasteiger partial charge is 0.299 e. The van der Waals surface area contributed by atoms with Gasteiger partial charge in [0.15, 0.2) is 5.78 Å². The average Bonchev–Trinajstić information content (AvgIpc) is 2.62. The molecule has 7 heteroatoms. The van der Waals surface area contributed by atoms with Gasteiger partial charge in [0.05, 0.1) is 6.54 Å². The summed E-state index contributed by atoms with van der Waals surface area (Å²) in [6.45, 7) is 7.14. The third-order valence-electron chi connectivity index (χ3n) is 4.10. The number of carbonyl (C=O) groups is 1. The Morgan fingerprint density at radius 3 is 2.22 bits per heavy atom. The maximum atomic E-state index is 12.7. The van der Waals surface area contributed by atoms with E-state index in [2.05, 4.69) is 28.2 Å². The summed E-state index contributed by atoms with van der Waals surface area (Å²) in [5, 5.41) is 0. The van der Waals surface area contributed by atoms with Crippen molar-refractivity contribution in [3.05, 3.63) is 65.7 Å². The van der Waals surface area contributed by atoms with Gasteiger partial charge in [-0.05, 0) is 43.7 Å². The minimum absolute atomic E-state index is 0.000668. The number of rotatable bonds is 10. The van der Waals surface area contributed by atoms with E-state index in [1.807, 2.05) is 30.3 Å². The first-order valence-electron chi connectivity index (χ1n) is 8.99. The minimum atomic E-state index is -3.58. The second-order valence-corrected chi connectivity index (χ2v) is 8.09. The molecule has 2 aromatic rings. The summed E-state index contributed by atoms with van der Waals surface area (Å²) in [4.78, 5) is 14.8. The predicted octanol–water partition coefficient (Wildman–Crippen LogP) is 3.05. The SMILES string of the molecule is CCNS(=O)(=O)Nc1ccc(C(=O)CN(Cc2ccccc2)C(C)C)cc1. The molecule has 0 atom stereocenters. The van der Waals surface area contributed by atoms with Gasteiger partial charge in [0.2, 0.25) is 0 Å². The Bertz CT molecular complexity index is 835. The minimum Gasteiger partial charge on any atom is -0.293 e. The van der Waals surface area contributed by atoms with Gasteiger partial charge in [-0.3, -0.25) is 14.4 Å². The van der Waals surface area contributed by atoms with Crippen molar-refractivity contribution in [2.24, 2.45) is 0 Å². The summed E-state index contributed by atoms with van der Waals surface area (Å²) >= 11 is 0. The van der Waals surface area contributed by atoms with Crippen LogP contribution in [0, 0.1) is 0 Å². The van der Waals surface area contributed by atoms with E-state index in [1.54, 1.807) is 31.2 Å². The van der Waals surface area contributed by atoms with E-state index in [1.165, 1.54) is 0 Å². The van der Waals surface area contributed by atoms with Crippen molar-refractivity contribution >= 4 is 21.7 Å². The number of ketones is 1. The lowest BCUT2D eigenvalue weighted by molar-refractivity contribution is 0.0898. The van der Waals surface area contributed by atoms with Crippen LogP contribution in [0.2, 0.25) is 0 Å². The van der Waals surface area contributed by atoms with Gasteiger partial charge < -0.3 is 0 Å². The number of nitrogens with one attached hydrogen (secondary N) is 2. The molecule has 0 aliphatic carbocycles. The molecule has 0 saturated heterocycles. The second-order valence-electron chi connectivity index (χ2n) is 6.59. The van der Waals surface area contributed by atoms with Crippen molar-refractivity contribution in [2.45, 2.75) is 33.4 Å². The van der Waals surface area contributed by atoms with Crippen LogP contribution >= 0.6 is 0 Å². The molecule has 0 fully saturated rings. The molecule has 0 bridgehead atoms. The fraction of sp³-hybridized carbons (Fsp3) is 0.350. The van der Waals surface area contributed by atoms with E-state index >= 15 is 0 Å². The van der Waals surface area contributed by atoms with Crippen molar-refractivity contribution in [3.8, 4) is 0 Å². The molecule has 2 rings (SSSR count). The Morgan fingerprint density at radius 2 is 1.67 bits per heavy atom. The Hall–Kier alpha value is -2.22. The summed E-state index contributed by atoms with van der Waals surface area (Å²) in [7, 11) is -3.58. The molecule has 0 saturated carbocycles. The van der Waals surface area contributed by atoms with E-state index < -0.39 is 10.2 Å². The molecule has 0 aliphatic heterocycles. The van der Waals surface area contributed by atoms with Gasteiger partial charge in [-0.25, -0.2) is 0 Å². The standard InChI is InChI=1S/C20H27N3O3S/c1-4-21-27(25,26)22-19-12-10-18(11-13-19)20(24)15-23(16(2)3)14-17-8-6-5-7-9-17/h5-13,16,21-22H,4,14-15H2,1-3H3. The highest BCUT2D eigenvalue weighted by molar-refractivity contribution is 7.90. The summed E-state index contributed by atoms with van der Waals surface area (Å²) in [5.41, 5.74) is 2.13. The number of carbonyl (C=O) groups excluding carboxylic acids is 1. The fourth-order valence-corrected chi connectivity index (χ4v) is 3.52. The van der Waals surface area contributed by atoms with E-state index in [4.69, 9.17) is 0 Å². The zero-order chi connectivity index (χ0) is 19.9. The molecule has 0 heterocycles. The number of Topliss-reactive ketones (excluding diaryl/α,β-unsaturated/α-hetero) is 1. The summed E-state index contributed by atoms with van der Waals surface area (Å²) in [6.07, 6.45) is 0. The zero-order valence-electron chi connectivity index (χ0n) is 16.0. The smallest absolute Gasteiger partial charge is 0.293 e. The lowest BCUT2D eigenvalue weighted by Crippen LogP contribution is -2.35. The molecule has 2 N–H and O–H groups in total. The normalized spacial score (nSPS) is 11.7. The average molecular weight is 390 g/mol. The van der Waals surface area contributed by atoms with E-state index in [0.717, 1.165) is 5.56 Å². The maximum absolute atomic E-state index is 12.7. The van der Waals surface area contributed by atoms with Gasteiger partial charge in [-0.15, -0.1) is 0 Å². The van der Waals surface area contributed by atoms with Gasteiger partial charge in [0.1, 0.15) is 0 Å². The quantitative estimate of drug-likeness (QED) is 0.612. The first kappa shape index (κ1) is 21.1. The molecule has 0 unspecified atom stereocenters. The van der Waals surface area contributed by atoms with Gasteiger partial charge in [0.25, 0.3) is 10.2 Å².